The highest BCUT2D eigenvalue weighted by Gasteiger charge is 2.04. The van der Waals surface area contributed by atoms with Gasteiger partial charge in [-0.05, 0) is 17.7 Å². The maximum absolute atomic E-state index is 5.96. The van der Waals surface area contributed by atoms with Gasteiger partial charge in [-0.25, -0.2) is 4.98 Å². The van der Waals surface area contributed by atoms with E-state index in [-0.39, 0.29) is 0 Å². The van der Waals surface area contributed by atoms with Gasteiger partial charge in [0, 0.05) is 10.0 Å². The Morgan fingerprint density at radius 2 is 1.72 bits per heavy atom. The van der Waals surface area contributed by atoms with Crippen molar-refractivity contribution in [3.63, 3.8) is 0 Å². The summed E-state index contributed by atoms with van der Waals surface area (Å²) in [5, 5.41) is 0.768. The van der Waals surface area contributed by atoms with E-state index in [9.17, 15) is 0 Å². The van der Waals surface area contributed by atoms with Gasteiger partial charge in [0.05, 0.1) is 13.2 Å². The minimum atomic E-state index is 0.384. The van der Waals surface area contributed by atoms with Crippen LogP contribution >= 0.6 is 39.1 Å². The Bertz CT molecular complexity index is 548. The molecule has 0 saturated heterocycles. The van der Waals surface area contributed by atoms with Crippen LogP contribution in [0.2, 0.25) is 10.3 Å². The average Bonchev–Trinajstić information content (AvgIpc) is 2.34. The molecule has 1 aromatic heterocycles. The van der Waals surface area contributed by atoms with Crippen molar-refractivity contribution < 1.29 is 4.74 Å². The van der Waals surface area contributed by atoms with Gasteiger partial charge in [0.15, 0.2) is 0 Å². The van der Waals surface area contributed by atoms with E-state index >= 15 is 0 Å². The van der Waals surface area contributed by atoms with E-state index in [1.54, 1.807) is 6.07 Å². The first kappa shape index (κ1) is 13.8. The second-order valence-corrected chi connectivity index (χ2v) is 5.27. The molecule has 5 heteroatoms. The van der Waals surface area contributed by atoms with E-state index in [1.807, 2.05) is 30.3 Å². The lowest BCUT2D eigenvalue weighted by Crippen LogP contribution is -1.96. The van der Waals surface area contributed by atoms with E-state index in [2.05, 4.69) is 20.9 Å². The Kier molecular flexibility index (Phi) is 5.01. The number of hydrogen-bond acceptors (Lipinski definition) is 2. The average molecular weight is 347 g/mol. The van der Waals surface area contributed by atoms with Crippen molar-refractivity contribution in [3.05, 3.63) is 62.3 Å². The van der Waals surface area contributed by atoms with E-state index in [0.717, 1.165) is 15.6 Å². The number of aromatic nitrogens is 1. The summed E-state index contributed by atoms with van der Waals surface area (Å²) >= 11 is 15.2. The lowest BCUT2D eigenvalue weighted by molar-refractivity contribution is 0.106. The summed E-state index contributed by atoms with van der Waals surface area (Å²) in [5.41, 5.74) is 1.92. The normalized spacial score (nSPS) is 10.6. The third-order valence-corrected chi connectivity index (χ3v) is 3.68. The SMILES string of the molecule is Clc1ccc(COCc2ccccc2Br)c(Cl)n1. The van der Waals surface area contributed by atoms with Gasteiger partial charge in [0.1, 0.15) is 10.3 Å². The summed E-state index contributed by atoms with van der Waals surface area (Å²) in [6, 6.07) is 11.4. The first-order valence-electron chi connectivity index (χ1n) is 5.29. The maximum atomic E-state index is 5.96. The molecule has 0 amide bonds. The van der Waals surface area contributed by atoms with Crippen molar-refractivity contribution in [1.29, 1.82) is 0 Å². The molecule has 0 aliphatic heterocycles. The predicted octanol–water partition coefficient (Wildman–Crippen LogP) is 4.87. The van der Waals surface area contributed by atoms with Crippen LogP contribution in [0, 0.1) is 0 Å². The van der Waals surface area contributed by atoms with Crippen LogP contribution in [0.3, 0.4) is 0 Å². The van der Waals surface area contributed by atoms with Crippen LogP contribution in [0.15, 0.2) is 40.9 Å². The number of nitrogens with zero attached hydrogens (tertiary/aromatic N) is 1. The van der Waals surface area contributed by atoms with Crippen LogP contribution < -0.4 is 0 Å². The van der Waals surface area contributed by atoms with Gasteiger partial charge in [-0.2, -0.15) is 0 Å². The highest BCUT2D eigenvalue weighted by atomic mass is 79.9. The maximum Gasteiger partial charge on any atom is 0.136 e. The Balaban J connectivity index is 1.95. The van der Waals surface area contributed by atoms with Gasteiger partial charge in [-0.3, -0.25) is 0 Å². The Morgan fingerprint density at radius 3 is 2.44 bits per heavy atom. The smallest absolute Gasteiger partial charge is 0.136 e. The highest BCUT2D eigenvalue weighted by molar-refractivity contribution is 9.10. The minimum Gasteiger partial charge on any atom is -0.372 e. The van der Waals surface area contributed by atoms with Crippen molar-refractivity contribution in [2.75, 3.05) is 0 Å². The molecule has 0 unspecified atom stereocenters. The Labute approximate surface area is 124 Å². The lowest BCUT2D eigenvalue weighted by Gasteiger charge is -2.07. The molecule has 0 bridgehead atoms. The zero-order valence-corrected chi connectivity index (χ0v) is 12.5. The molecule has 2 aromatic rings. The van der Waals surface area contributed by atoms with Crippen LogP contribution in [0.25, 0.3) is 0 Å². The third kappa shape index (κ3) is 3.69. The van der Waals surface area contributed by atoms with Crippen LogP contribution in [-0.4, -0.2) is 4.98 Å². The second-order valence-electron chi connectivity index (χ2n) is 3.67. The Hall–Kier alpha value is -0.610. The molecule has 0 spiro atoms. The Morgan fingerprint density at radius 1 is 1.00 bits per heavy atom. The largest absolute Gasteiger partial charge is 0.372 e. The zero-order chi connectivity index (χ0) is 13.0. The third-order valence-electron chi connectivity index (χ3n) is 2.36. The standard InChI is InChI=1S/C13H10BrCl2NO/c14-11-4-2-1-3-9(11)7-18-8-10-5-6-12(15)17-13(10)16/h1-6H,7-8H2. The summed E-state index contributed by atoms with van der Waals surface area (Å²) in [7, 11) is 0. The van der Waals surface area contributed by atoms with Crippen molar-refractivity contribution in [2.24, 2.45) is 0 Å². The molecule has 1 heterocycles. The number of pyridine rings is 1. The topological polar surface area (TPSA) is 22.1 Å². The van der Waals surface area contributed by atoms with Gasteiger partial charge in [0.2, 0.25) is 0 Å². The summed E-state index contributed by atoms with van der Waals surface area (Å²) in [6.07, 6.45) is 0. The van der Waals surface area contributed by atoms with Gasteiger partial charge in [-0.15, -0.1) is 0 Å². The molecule has 0 aliphatic rings. The van der Waals surface area contributed by atoms with Crippen LogP contribution in [0.1, 0.15) is 11.1 Å². The number of benzene rings is 1. The predicted molar refractivity (Wildman–Crippen MR) is 76.9 cm³/mol. The fourth-order valence-corrected chi connectivity index (χ4v) is 2.23. The number of ether oxygens (including phenoxy) is 1. The van der Waals surface area contributed by atoms with Crippen molar-refractivity contribution >= 4 is 39.1 Å². The number of rotatable bonds is 4. The van der Waals surface area contributed by atoms with Gasteiger partial charge >= 0.3 is 0 Å². The van der Waals surface area contributed by atoms with Crippen LogP contribution in [-0.2, 0) is 18.0 Å². The van der Waals surface area contributed by atoms with E-state index < -0.39 is 0 Å². The monoisotopic (exact) mass is 345 g/mol. The summed E-state index contributed by atoms with van der Waals surface area (Å²) < 4.78 is 6.64. The molecular formula is C13H10BrCl2NO. The van der Waals surface area contributed by atoms with Gasteiger partial charge in [0.25, 0.3) is 0 Å². The van der Waals surface area contributed by atoms with Crippen LogP contribution in [0.4, 0.5) is 0 Å². The van der Waals surface area contributed by atoms with Crippen molar-refractivity contribution in [2.45, 2.75) is 13.2 Å². The molecule has 0 fully saturated rings. The van der Waals surface area contributed by atoms with Crippen LogP contribution in [0.5, 0.6) is 0 Å². The molecule has 0 N–H and O–H groups in total. The fourth-order valence-electron chi connectivity index (χ4n) is 1.44. The summed E-state index contributed by atoms with van der Waals surface area (Å²) in [6.45, 7) is 0.921. The van der Waals surface area contributed by atoms with Crippen molar-refractivity contribution in [1.82, 2.24) is 4.98 Å². The first-order chi connectivity index (χ1) is 8.66. The molecule has 18 heavy (non-hydrogen) atoms. The quantitative estimate of drug-likeness (QED) is 0.737. The summed E-state index contributed by atoms with van der Waals surface area (Å²) in [5.74, 6) is 0. The number of hydrogen-bond donors (Lipinski definition) is 0. The van der Waals surface area contributed by atoms with E-state index in [0.29, 0.717) is 23.5 Å². The van der Waals surface area contributed by atoms with Gasteiger partial charge < -0.3 is 4.74 Å². The molecule has 94 valence electrons. The first-order valence-corrected chi connectivity index (χ1v) is 6.84. The second kappa shape index (κ2) is 6.53. The minimum absolute atomic E-state index is 0.384. The van der Waals surface area contributed by atoms with E-state index in [1.165, 1.54) is 0 Å². The molecule has 2 nitrogen and oxygen atoms in total. The molecule has 0 aliphatic carbocycles. The number of halogens is 3. The molecule has 1 aromatic carbocycles. The molecule has 2 rings (SSSR count). The lowest BCUT2D eigenvalue weighted by atomic mass is 10.2. The molecular weight excluding hydrogens is 337 g/mol. The van der Waals surface area contributed by atoms with Gasteiger partial charge in [-0.1, -0.05) is 63.4 Å². The van der Waals surface area contributed by atoms with Crippen molar-refractivity contribution in [3.8, 4) is 0 Å². The summed E-state index contributed by atoms with van der Waals surface area (Å²) in [4.78, 5) is 3.96. The molecule has 0 atom stereocenters. The molecule has 0 radical (unpaired) electrons. The highest BCUT2D eigenvalue weighted by Crippen LogP contribution is 2.20. The fraction of sp³-hybridized carbons (Fsp3) is 0.154. The molecule has 0 saturated carbocycles. The zero-order valence-electron chi connectivity index (χ0n) is 9.37. The van der Waals surface area contributed by atoms with E-state index in [4.69, 9.17) is 27.9 Å².